The van der Waals surface area contributed by atoms with Crippen molar-refractivity contribution in [3.8, 4) is 5.88 Å². The van der Waals surface area contributed by atoms with Crippen LogP contribution >= 0.6 is 11.3 Å². The Balaban J connectivity index is 2.55. The van der Waals surface area contributed by atoms with E-state index in [2.05, 4.69) is 9.97 Å². The minimum atomic E-state index is -0.0706. The largest absolute Gasteiger partial charge is 0.480 e. The average Bonchev–Trinajstić information content (AvgIpc) is 2.89. The molecule has 2 N–H and O–H groups in total. The van der Waals surface area contributed by atoms with Gasteiger partial charge >= 0.3 is 0 Å². The fourth-order valence-electron chi connectivity index (χ4n) is 2.21. The number of amides is 1. The number of likely N-dealkylation sites (N-methyl/N-ethyl adjacent to an activating group) is 1. The summed E-state index contributed by atoms with van der Waals surface area (Å²) in [4.78, 5) is 24.5. The van der Waals surface area contributed by atoms with Gasteiger partial charge in [0.2, 0.25) is 5.88 Å². The molecule has 0 radical (unpaired) electrons. The topological polar surface area (TPSA) is 90.6 Å². The number of hydrogen-bond acceptors (Lipinski definition) is 7. The van der Waals surface area contributed by atoms with Gasteiger partial charge in [0.1, 0.15) is 11.4 Å². The van der Waals surface area contributed by atoms with E-state index in [1.165, 1.54) is 11.3 Å². The molecular formula is C15H22N4O3S. The van der Waals surface area contributed by atoms with Crippen molar-refractivity contribution in [2.24, 2.45) is 5.73 Å². The minimum absolute atomic E-state index is 0.0378. The van der Waals surface area contributed by atoms with Crippen LogP contribution in [-0.4, -0.2) is 54.6 Å². The SMILES string of the molecule is COCc1nc(OC)c2c(C)c(C(=O)N(C)C(C)CN)sc2n1. The second-order valence-corrected chi connectivity index (χ2v) is 6.32. The molecule has 8 heteroatoms. The Morgan fingerprint density at radius 3 is 2.65 bits per heavy atom. The van der Waals surface area contributed by atoms with E-state index in [1.54, 1.807) is 26.2 Å². The normalized spacial score (nSPS) is 12.4. The number of ether oxygens (including phenoxy) is 2. The number of carbonyl (C=O) groups is 1. The number of hydrogen-bond donors (Lipinski definition) is 1. The Labute approximate surface area is 139 Å². The van der Waals surface area contributed by atoms with Crippen LogP contribution in [0.1, 0.15) is 28.0 Å². The molecule has 0 saturated carbocycles. The fraction of sp³-hybridized carbons (Fsp3) is 0.533. The molecule has 0 aliphatic heterocycles. The third kappa shape index (κ3) is 3.29. The maximum Gasteiger partial charge on any atom is 0.264 e. The summed E-state index contributed by atoms with van der Waals surface area (Å²) >= 11 is 1.34. The highest BCUT2D eigenvalue weighted by molar-refractivity contribution is 7.20. The molecule has 2 heterocycles. The number of thiophene rings is 1. The van der Waals surface area contributed by atoms with E-state index in [1.807, 2.05) is 13.8 Å². The van der Waals surface area contributed by atoms with Crippen molar-refractivity contribution in [3.05, 3.63) is 16.3 Å². The Morgan fingerprint density at radius 2 is 2.09 bits per heavy atom. The van der Waals surface area contributed by atoms with Crippen molar-refractivity contribution in [1.29, 1.82) is 0 Å². The number of aryl methyl sites for hydroxylation is 1. The molecule has 1 unspecified atom stereocenters. The van der Waals surface area contributed by atoms with Gasteiger partial charge in [0.25, 0.3) is 5.91 Å². The lowest BCUT2D eigenvalue weighted by Gasteiger charge is -2.23. The molecule has 0 fully saturated rings. The molecule has 0 spiro atoms. The summed E-state index contributed by atoms with van der Waals surface area (Å²) in [6.45, 7) is 4.50. The van der Waals surface area contributed by atoms with Crippen LogP contribution in [0.5, 0.6) is 5.88 Å². The van der Waals surface area contributed by atoms with Crippen molar-refractivity contribution in [3.63, 3.8) is 0 Å². The molecule has 7 nitrogen and oxygen atoms in total. The fourth-order valence-corrected chi connectivity index (χ4v) is 3.38. The smallest absolute Gasteiger partial charge is 0.264 e. The van der Waals surface area contributed by atoms with Crippen LogP contribution in [0.4, 0.5) is 0 Å². The molecule has 126 valence electrons. The van der Waals surface area contributed by atoms with E-state index < -0.39 is 0 Å². The van der Waals surface area contributed by atoms with Gasteiger partial charge in [-0.3, -0.25) is 4.79 Å². The summed E-state index contributed by atoms with van der Waals surface area (Å²) in [5.41, 5.74) is 6.48. The van der Waals surface area contributed by atoms with Crippen LogP contribution < -0.4 is 10.5 Å². The van der Waals surface area contributed by atoms with Gasteiger partial charge in [-0.1, -0.05) is 0 Å². The predicted octanol–water partition coefficient (Wildman–Crippen LogP) is 1.57. The molecule has 1 amide bonds. The van der Waals surface area contributed by atoms with E-state index >= 15 is 0 Å². The van der Waals surface area contributed by atoms with Gasteiger partial charge in [-0.2, -0.15) is 4.98 Å². The lowest BCUT2D eigenvalue weighted by atomic mass is 10.2. The number of carbonyl (C=O) groups excluding carboxylic acids is 1. The third-order valence-electron chi connectivity index (χ3n) is 3.79. The zero-order valence-corrected chi connectivity index (χ0v) is 14.9. The van der Waals surface area contributed by atoms with Crippen LogP contribution in [-0.2, 0) is 11.3 Å². The van der Waals surface area contributed by atoms with E-state index in [0.717, 1.165) is 15.8 Å². The Bertz CT molecular complexity index is 716. The number of aromatic nitrogens is 2. The summed E-state index contributed by atoms with van der Waals surface area (Å²) in [6, 6.07) is -0.0378. The summed E-state index contributed by atoms with van der Waals surface area (Å²) in [5.74, 6) is 0.920. The van der Waals surface area contributed by atoms with Crippen LogP contribution in [0.15, 0.2) is 0 Å². The van der Waals surface area contributed by atoms with Gasteiger partial charge in [0, 0.05) is 26.7 Å². The van der Waals surface area contributed by atoms with Gasteiger partial charge in [-0.05, 0) is 19.4 Å². The first-order chi connectivity index (χ1) is 10.9. The minimum Gasteiger partial charge on any atom is -0.480 e. The molecule has 0 saturated heterocycles. The molecule has 2 aromatic rings. The quantitative estimate of drug-likeness (QED) is 0.860. The maximum atomic E-state index is 12.7. The molecule has 2 aromatic heterocycles. The van der Waals surface area contributed by atoms with Crippen molar-refractivity contribution >= 4 is 27.5 Å². The van der Waals surface area contributed by atoms with Gasteiger partial charge in [-0.25, -0.2) is 4.98 Å². The van der Waals surface area contributed by atoms with Crippen molar-refractivity contribution in [2.75, 3.05) is 27.8 Å². The van der Waals surface area contributed by atoms with Gasteiger partial charge < -0.3 is 20.1 Å². The average molecular weight is 338 g/mol. The highest BCUT2D eigenvalue weighted by Gasteiger charge is 2.24. The lowest BCUT2D eigenvalue weighted by Crippen LogP contribution is -2.39. The summed E-state index contributed by atoms with van der Waals surface area (Å²) in [5, 5.41) is 0.773. The summed E-state index contributed by atoms with van der Waals surface area (Å²) < 4.78 is 10.5. The van der Waals surface area contributed by atoms with Gasteiger partial charge in [0.15, 0.2) is 5.82 Å². The van der Waals surface area contributed by atoms with E-state index in [4.69, 9.17) is 15.2 Å². The van der Waals surface area contributed by atoms with Crippen molar-refractivity contribution in [2.45, 2.75) is 26.5 Å². The Kier molecular flexibility index (Phi) is 5.51. The second kappa shape index (κ2) is 7.20. The van der Waals surface area contributed by atoms with Gasteiger partial charge in [0.05, 0.1) is 17.4 Å². The molecule has 23 heavy (non-hydrogen) atoms. The highest BCUT2D eigenvalue weighted by atomic mass is 32.1. The zero-order valence-electron chi connectivity index (χ0n) is 14.0. The molecule has 0 aliphatic rings. The zero-order chi connectivity index (χ0) is 17.1. The predicted molar refractivity (Wildman–Crippen MR) is 90.0 cm³/mol. The van der Waals surface area contributed by atoms with Crippen LogP contribution in [0.2, 0.25) is 0 Å². The molecule has 0 bridgehead atoms. The highest BCUT2D eigenvalue weighted by Crippen LogP contribution is 2.35. The number of fused-ring (bicyclic) bond motifs is 1. The van der Waals surface area contributed by atoms with E-state index in [-0.39, 0.29) is 18.6 Å². The Morgan fingerprint density at radius 1 is 1.39 bits per heavy atom. The van der Waals surface area contributed by atoms with Gasteiger partial charge in [-0.15, -0.1) is 11.3 Å². The first kappa shape index (κ1) is 17.6. The molecule has 0 aliphatic carbocycles. The number of methoxy groups -OCH3 is 2. The van der Waals surface area contributed by atoms with E-state index in [0.29, 0.717) is 23.1 Å². The molecule has 0 aromatic carbocycles. The van der Waals surface area contributed by atoms with Crippen LogP contribution in [0.25, 0.3) is 10.2 Å². The second-order valence-electron chi connectivity index (χ2n) is 5.32. The van der Waals surface area contributed by atoms with Crippen LogP contribution in [0.3, 0.4) is 0 Å². The van der Waals surface area contributed by atoms with Crippen molar-refractivity contribution in [1.82, 2.24) is 14.9 Å². The van der Waals surface area contributed by atoms with E-state index in [9.17, 15) is 4.79 Å². The number of nitrogens with zero attached hydrogens (tertiary/aromatic N) is 3. The number of rotatable bonds is 6. The standard InChI is InChI=1S/C15H22N4O3S/c1-8(6-16)19(3)15(20)12-9(2)11-13(22-5)17-10(7-21-4)18-14(11)23-12/h8H,6-7,16H2,1-5H3. The molecule has 2 rings (SSSR count). The molecular weight excluding hydrogens is 316 g/mol. The van der Waals surface area contributed by atoms with Crippen LogP contribution in [0, 0.1) is 6.92 Å². The Hall–Kier alpha value is -1.77. The first-order valence-electron chi connectivity index (χ1n) is 7.24. The lowest BCUT2D eigenvalue weighted by molar-refractivity contribution is 0.0752. The van der Waals surface area contributed by atoms with Crippen molar-refractivity contribution < 1.29 is 14.3 Å². The summed E-state index contributed by atoms with van der Waals surface area (Å²) in [6.07, 6.45) is 0. The number of nitrogens with two attached hydrogens (primary N) is 1. The third-order valence-corrected chi connectivity index (χ3v) is 4.96. The molecule has 1 atom stereocenters. The summed E-state index contributed by atoms with van der Waals surface area (Å²) in [7, 11) is 4.89. The monoisotopic (exact) mass is 338 g/mol. The first-order valence-corrected chi connectivity index (χ1v) is 8.06. The maximum absolute atomic E-state index is 12.7.